The van der Waals surface area contributed by atoms with E-state index in [0.29, 0.717) is 18.8 Å². The van der Waals surface area contributed by atoms with Gasteiger partial charge in [-0.1, -0.05) is 26.2 Å². The minimum absolute atomic E-state index is 0.0117. The Morgan fingerprint density at radius 2 is 1.83 bits per heavy atom. The van der Waals surface area contributed by atoms with Crippen molar-refractivity contribution in [2.24, 2.45) is 11.8 Å². The zero-order valence-corrected chi connectivity index (χ0v) is 22.3. The smallest absolute Gasteiger partial charge is 0.257 e. The molecule has 1 aromatic carbocycles. The largest absolute Gasteiger partial charge is 0.491 e. The Morgan fingerprint density at radius 1 is 1.14 bits per heavy atom. The van der Waals surface area contributed by atoms with Crippen LogP contribution in [0.2, 0.25) is 0 Å². The highest BCUT2D eigenvalue weighted by Crippen LogP contribution is 2.29. The molecule has 0 unspecified atom stereocenters. The van der Waals surface area contributed by atoms with Crippen molar-refractivity contribution in [1.29, 1.82) is 0 Å². The number of carbonyl (C=O) groups excluding carboxylic acids is 2. The third-order valence-electron chi connectivity index (χ3n) is 6.99. The Morgan fingerprint density at radius 3 is 2.46 bits per heavy atom. The highest BCUT2D eigenvalue weighted by molar-refractivity contribution is 7.92. The Kier molecular flexibility index (Phi) is 9.04. The number of fused-ring (bicyclic) bond motifs is 1. The Hall–Kier alpha value is -2.33. The minimum Gasteiger partial charge on any atom is -0.491 e. The predicted octanol–water partition coefficient (Wildman–Crippen LogP) is 2.97. The van der Waals surface area contributed by atoms with Crippen LogP contribution in [0, 0.1) is 11.8 Å². The van der Waals surface area contributed by atoms with Crippen LogP contribution in [-0.2, 0) is 19.6 Å². The maximum Gasteiger partial charge on any atom is 0.257 e. The van der Waals surface area contributed by atoms with Crippen LogP contribution in [0.1, 0.15) is 56.3 Å². The zero-order chi connectivity index (χ0) is 25.8. The molecule has 35 heavy (non-hydrogen) atoms. The molecule has 1 heterocycles. The van der Waals surface area contributed by atoms with Crippen LogP contribution in [-0.4, -0.2) is 82.3 Å². The summed E-state index contributed by atoms with van der Waals surface area (Å²) >= 11 is 0. The summed E-state index contributed by atoms with van der Waals surface area (Å²) in [6.45, 7) is 5.05. The molecule has 2 aliphatic rings. The molecule has 2 amide bonds. The fourth-order valence-electron chi connectivity index (χ4n) is 4.95. The van der Waals surface area contributed by atoms with E-state index in [-0.39, 0.29) is 53.7 Å². The Bertz CT molecular complexity index is 1010. The van der Waals surface area contributed by atoms with Gasteiger partial charge in [-0.25, -0.2) is 8.42 Å². The van der Waals surface area contributed by atoms with Crippen LogP contribution < -0.4 is 9.46 Å². The van der Waals surface area contributed by atoms with E-state index in [0.717, 1.165) is 31.9 Å². The third-order valence-corrected chi connectivity index (χ3v) is 7.59. The molecule has 3 rings (SSSR count). The SMILES string of the molecule is CO[C@@H]1CN(C)C(=O)c2cc(NS(C)(=O)=O)ccc2OC[C@H](C)N(C(=O)C2CCCCC2)C[C@H]1C. The van der Waals surface area contributed by atoms with Crippen LogP contribution in [0.4, 0.5) is 5.69 Å². The van der Waals surface area contributed by atoms with E-state index < -0.39 is 10.0 Å². The molecule has 1 aliphatic carbocycles. The monoisotopic (exact) mass is 509 g/mol. The van der Waals surface area contributed by atoms with Gasteiger partial charge in [0.2, 0.25) is 15.9 Å². The standard InChI is InChI=1S/C25H39N3O6S/c1-17-14-28(24(29)19-9-7-6-8-10-19)18(2)16-34-22-12-11-20(26-35(5,31)32)13-21(22)25(30)27(3)15-23(17)33-4/h11-13,17-19,23,26H,6-10,14-16H2,1-5H3/t17-,18+,23-/m1/s1. The molecule has 1 N–H and O–H groups in total. The number of hydrogen-bond donors (Lipinski definition) is 1. The second-order valence-electron chi connectivity index (χ2n) is 10.0. The number of benzene rings is 1. The number of nitrogens with zero attached hydrogens (tertiary/aromatic N) is 2. The molecule has 10 heteroatoms. The predicted molar refractivity (Wildman–Crippen MR) is 135 cm³/mol. The summed E-state index contributed by atoms with van der Waals surface area (Å²) in [6.07, 6.45) is 5.95. The molecule has 0 spiro atoms. The molecule has 9 nitrogen and oxygen atoms in total. The van der Waals surface area contributed by atoms with Gasteiger partial charge < -0.3 is 19.3 Å². The number of hydrogen-bond acceptors (Lipinski definition) is 6. The van der Waals surface area contributed by atoms with Crippen molar-refractivity contribution in [3.63, 3.8) is 0 Å². The molecule has 0 saturated heterocycles. The van der Waals surface area contributed by atoms with Gasteiger partial charge in [0.1, 0.15) is 12.4 Å². The Labute approximate surface area is 209 Å². The zero-order valence-electron chi connectivity index (χ0n) is 21.5. The lowest BCUT2D eigenvalue weighted by atomic mass is 9.87. The van der Waals surface area contributed by atoms with E-state index in [9.17, 15) is 18.0 Å². The first-order valence-corrected chi connectivity index (χ1v) is 14.2. The summed E-state index contributed by atoms with van der Waals surface area (Å²) in [5.74, 6) is 0.239. The van der Waals surface area contributed by atoms with Gasteiger partial charge in [-0.2, -0.15) is 0 Å². The number of carbonyl (C=O) groups is 2. The van der Waals surface area contributed by atoms with Crippen molar-refractivity contribution in [3.8, 4) is 5.75 Å². The van der Waals surface area contributed by atoms with Gasteiger partial charge in [-0.05, 0) is 38.0 Å². The van der Waals surface area contributed by atoms with Gasteiger partial charge in [-0.3, -0.25) is 14.3 Å². The first-order valence-electron chi connectivity index (χ1n) is 12.3. The van der Waals surface area contributed by atoms with E-state index in [1.165, 1.54) is 12.5 Å². The molecule has 1 saturated carbocycles. The summed E-state index contributed by atoms with van der Waals surface area (Å²) in [6, 6.07) is 4.44. The maximum absolute atomic E-state index is 13.6. The summed E-state index contributed by atoms with van der Waals surface area (Å²) in [5, 5.41) is 0. The summed E-state index contributed by atoms with van der Waals surface area (Å²) in [5.41, 5.74) is 0.532. The van der Waals surface area contributed by atoms with Crippen molar-refractivity contribution in [2.75, 3.05) is 44.8 Å². The summed E-state index contributed by atoms with van der Waals surface area (Å²) in [4.78, 5) is 30.4. The number of amides is 2. The second kappa shape index (κ2) is 11.6. The Balaban J connectivity index is 1.95. The van der Waals surface area contributed by atoms with Crippen molar-refractivity contribution >= 4 is 27.5 Å². The number of likely N-dealkylation sites (N-methyl/N-ethyl adjacent to an activating group) is 1. The molecule has 0 aromatic heterocycles. The van der Waals surface area contributed by atoms with Crippen molar-refractivity contribution in [1.82, 2.24) is 9.80 Å². The third kappa shape index (κ3) is 7.10. The second-order valence-corrected chi connectivity index (χ2v) is 11.8. The number of sulfonamides is 1. The molecular weight excluding hydrogens is 470 g/mol. The quantitative estimate of drug-likeness (QED) is 0.669. The van der Waals surface area contributed by atoms with Crippen LogP contribution in [0.5, 0.6) is 5.75 Å². The fourth-order valence-corrected chi connectivity index (χ4v) is 5.50. The fraction of sp³-hybridized carbons (Fsp3) is 0.680. The van der Waals surface area contributed by atoms with Crippen LogP contribution in [0.3, 0.4) is 0 Å². The lowest BCUT2D eigenvalue weighted by Crippen LogP contribution is -2.50. The van der Waals surface area contributed by atoms with Crippen LogP contribution >= 0.6 is 0 Å². The van der Waals surface area contributed by atoms with E-state index in [4.69, 9.17) is 9.47 Å². The molecular formula is C25H39N3O6S. The first kappa shape index (κ1) is 27.3. The molecule has 1 aromatic rings. The van der Waals surface area contributed by atoms with Gasteiger partial charge in [0.15, 0.2) is 0 Å². The van der Waals surface area contributed by atoms with E-state index in [1.54, 1.807) is 31.2 Å². The molecule has 1 aliphatic heterocycles. The van der Waals surface area contributed by atoms with Crippen molar-refractivity contribution in [2.45, 2.75) is 58.1 Å². The maximum atomic E-state index is 13.6. The average molecular weight is 510 g/mol. The average Bonchev–Trinajstić information content (AvgIpc) is 2.82. The first-order chi connectivity index (χ1) is 16.5. The topological polar surface area (TPSA) is 105 Å². The van der Waals surface area contributed by atoms with E-state index in [2.05, 4.69) is 4.72 Å². The molecule has 3 atom stereocenters. The normalized spacial score (nSPS) is 25.2. The number of rotatable bonds is 4. The van der Waals surface area contributed by atoms with Gasteiger partial charge in [0.05, 0.1) is 24.0 Å². The van der Waals surface area contributed by atoms with Gasteiger partial charge in [0, 0.05) is 44.8 Å². The summed E-state index contributed by atoms with van der Waals surface area (Å²) < 4.78 is 37.7. The number of nitrogens with one attached hydrogen (secondary N) is 1. The molecule has 196 valence electrons. The van der Waals surface area contributed by atoms with Crippen molar-refractivity contribution < 1.29 is 27.5 Å². The molecule has 0 bridgehead atoms. The van der Waals surface area contributed by atoms with Gasteiger partial charge >= 0.3 is 0 Å². The molecule has 0 radical (unpaired) electrons. The summed E-state index contributed by atoms with van der Waals surface area (Å²) in [7, 11) is -0.211. The van der Waals surface area contributed by atoms with Crippen molar-refractivity contribution in [3.05, 3.63) is 23.8 Å². The number of methoxy groups -OCH3 is 1. The number of anilines is 1. The highest BCUT2D eigenvalue weighted by atomic mass is 32.2. The van der Waals surface area contributed by atoms with Crippen LogP contribution in [0.25, 0.3) is 0 Å². The highest BCUT2D eigenvalue weighted by Gasteiger charge is 2.33. The van der Waals surface area contributed by atoms with E-state index in [1.807, 2.05) is 18.7 Å². The molecule has 1 fully saturated rings. The lowest BCUT2D eigenvalue weighted by Gasteiger charge is -2.38. The number of ether oxygens (including phenoxy) is 2. The van der Waals surface area contributed by atoms with Gasteiger partial charge in [-0.15, -0.1) is 0 Å². The van der Waals surface area contributed by atoms with Crippen LogP contribution in [0.15, 0.2) is 18.2 Å². The van der Waals surface area contributed by atoms with E-state index >= 15 is 0 Å². The van der Waals surface area contributed by atoms with Gasteiger partial charge in [0.25, 0.3) is 5.91 Å². The minimum atomic E-state index is -3.51. The lowest BCUT2D eigenvalue weighted by molar-refractivity contribution is -0.141.